The fourth-order valence-corrected chi connectivity index (χ4v) is 6.57. The number of nitrogens with zero attached hydrogens (tertiary/aromatic N) is 3. The zero-order chi connectivity index (χ0) is 28.9. The number of carbonyl (C=O) groups excluding carboxylic acids is 3. The van der Waals surface area contributed by atoms with E-state index in [9.17, 15) is 14.4 Å². The van der Waals surface area contributed by atoms with Gasteiger partial charge < -0.3 is 29.9 Å². The minimum absolute atomic E-state index is 0.0344. The largest absolute Gasteiger partial charge is 0.493 e. The minimum Gasteiger partial charge on any atom is -0.493 e. The summed E-state index contributed by atoms with van der Waals surface area (Å²) in [5.74, 6) is 1.50. The predicted molar refractivity (Wildman–Crippen MR) is 153 cm³/mol. The summed E-state index contributed by atoms with van der Waals surface area (Å²) in [6.45, 7) is 9.00. The van der Waals surface area contributed by atoms with Gasteiger partial charge in [-0.2, -0.15) is 0 Å². The second kappa shape index (κ2) is 10.5. The molecule has 10 nitrogen and oxygen atoms in total. The van der Waals surface area contributed by atoms with Crippen molar-refractivity contribution in [2.45, 2.75) is 89.6 Å². The van der Waals surface area contributed by atoms with Gasteiger partial charge in [-0.15, -0.1) is 0 Å². The van der Waals surface area contributed by atoms with E-state index < -0.39 is 5.60 Å². The molecule has 0 unspecified atom stereocenters. The first-order valence-electron chi connectivity index (χ1n) is 14.6. The van der Waals surface area contributed by atoms with Crippen LogP contribution in [0, 0.1) is 6.92 Å². The fraction of sp³-hybridized carbons (Fsp3) is 0.548. The van der Waals surface area contributed by atoms with Crippen LogP contribution >= 0.6 is 0 Å². The Balaban J connectivity index is 1.02. The second-order valence-corrected chi connectivity index (χ2v) is 12.7. The summed E-state index contributed by atoms with van der Waals surface area (Å²) in [7, 11) is 0. The van der Waals surface area contributed by atoms with Crippen molar-refractivity contribution in [3.05, 3.63) is 52.7 Å². The summed E-state index contributed by atoms with van der Waals surface area (Å²) in [6, 6.07) is 8.26. The van der Waals surface area contributed by atoms with E-state index in [1.165, 1.54) is 5.56 Å². The fourth-order valence-electron chi connectivity index (χ4n) is 6.57. The van der Waals surface area contributed by atoms with E-state index in [0.29, 0.717) is 42.9 Å². The van der Waals surface area contributed by atoms with Gasteiger partial charge >= 0.3 is 6.09 Å². The van der Waals surface area contributed by atoms with E-state index in [2.05, 4.69) is 20.5 Å². The third-order valence-electron chi connectivity index (χ3n) is 8.56. The molecule has 0 spiro atoms. The molecular formula is C31H39N5O5. The highest BCUT2D eigenvalue weighted by atomic mass is 16.6. The van der Waals surface area contributed by atoms with Crippen LogP contribution in [0.15, 0.2) is 30.5 Å². The molecule has 0 aliphatic carbocycles. The Labute approximate surface area is 240 Å². The number of anilines is 1. The molecule has 6 rings (SSSR count). The highest BCUT2D eigenvalue weighted by Gasteiger charge is 2.42. The van der Waals surface area contributed by atoms with Crippen molar-refractivity contribution in [3.63, 3.8) is 0 Å². The molecular weight excluding hydrogens is 522 g/mol. The van der Waals surface area contributed by atoms with E-state index >= 15 is 0 Å². The first kappa shape index (κ1) is 27.4. The Morgan fingerprint density at radius 2 is 1.68 bits per heavy atom. The van der Waals surface area contributed by atoms with Gasteiger partial charge in [0.15, 0.2) is 0 Å². The molecule has 0 radical (unpaired) electrons. The lowest BCUT2D eigenvalue weighted by Gasteiger charge is -2.40. The number of nitrogens with one attached hydrogen (secondary N) is 2. The van der Waals surface area contributed by atoms with Crippen molar-refractivity contribution in [2.75, 3.05) is 24.6 Å². The number of ether oxygens (including phenoxy) is 2. The van der Waals surface area contributed by atoms with Crippen LogP contribution in [0.1, 0.15) is 78.3 Å². The number of amides is 3. The number of fused-ring (bicyclic) bond motifs is 3. The topological polar surface area (TPSA) is 113 Å². The van der Waals surface area contributed by atoms with Gasteiger partial charge in [-0.3, -0.25) is 9.59 Å². The molecule has 4 aliphatic heterocycles. The zero-order valence-corrected chi connectivity index (χ0v) is 24.2. The molecule has 2 aromatic rings. The van der Waals surface area contributed by atoms with E-state index in [4.69, 9.17) is 9.47 Å². The Morgan fingerprint density at radius 1 is 0.976 bits per heavy atom. The zero-order valence-electron chi connectivity index (χ0n) is 24.2. The van der Waals surface area contributed by atoms with E-state index in [-0.39, 0.29) is 30.0 Å². The molecule has 3 atom stereocenters. The number of hydrogen-bond acceptors (Lipinski definition) is 7. The molecule has 2 N–H and O–H groups in total. The van der Waals surface area contributed by atoms with Gasteiger partial charge in [0.2, 0.25) is 0 Å². The van der Waals surface area contributed by atoms with Gasteiger partial charge in [-0.25, -0.2) is 9.78 Å². The van der Waals surface area contributed by atoms with Crippen molar-refractivity contribution in [3.8, 4) is 5.75 Å². The third kappa shape index (κ3) is 5.56. The van der Waals surface area contributed by atoms with Crippen LogP contribution in [0.5, 0.6) is 5.75 Å². The standard InChI is InChI=1S/C31H39N5O5/c1-18-25(9-5-19-11-12-40-27(18)19)29(38)33-21-13-23-7-8-24(14-21)36(23)26-10-6-20(15-32-26)28(37)34-22-16-35(17-22)30(39)41-31(2,3)4/h5-6,9-10,15,21-24H,7-8,11-14,16-17H2,1-4H3,(H,33,38)(H,34,37)/t21-,23+,24-. The van der Waals surface area contributed by atoms with Crippen LogP contribution in [0.4, 0.5) is 10.6 Å². The Kier molecular flexibility index (Phi) is 7.03. The third-order valence-corrected chi connectivity index (χ3v) is 8.56. The van der Waals surface area contributed by atoms with Crippen LogP contribution in [0.2, 0.25) is 0 Å². The maximum atomic E-state index is 13.2. The number of piperidine rings is 1. The second-order valence-electron chi connectivity index (χ2n) is 12.7. The summed E-state index contributed by atoms with van der Waals surface area (Å²) >= 11 is 0. The van der Waals surface area contributed by atoms with Gasteiger partial charge in [-0.1, -0.05) is 6.07 Å². The van der Waals surface area contributed by atoms with Gasteiger partial charge in [0.1, 0.15) is 17.2 Å². The maximum absolute atomic E-state index is 13.2. The molecule has 3 saturated heterocycles. The molecule has 0 saturated carbocycles. The van der Waals surface area contributed by atoms with Gasteiger partial charge in [0, 0.05) is 55.0 Å². The number of carbonyl (C=O) groups is 3. The average Bonchev–Trinajstić information content (AvgIpc) is 3.48. The highest BCUT2D eigenvalue weighted by molar-refractivity contribution is 5.97. The Bertz CT molecular complexity index is 1330. The molecule has 10 heteroatoms. The SMILES string of the molecule is Cc1c(C(=O)N[C@H]2C[C@H]3CC[C@@H](C2)N3c2ccc(C(=O)NC3CN(C(=O)OC(C)(C)C)C3)cn2)ccc2c1OCC2. The van der Waals surface area contributed by atoms with Gasteiger partial charge in [-0.05, 0) is 77.1 Å². The van der Waals surface area contributed by atoms with E-state index in [1.807, 2.05) is 52.0 Å². The number of benzene rings is 1. The van der Waals surface area contributed by atoms with Crippen LogP contribution in [0.25, 0.3) is 0 Å². The van der Waals surface area contributed by atoms with Gasteiger partial charge in [0.05, 0.1) is 18.2 Å². The molecule has 2 bridgehead atoms. The quantitative estimate of drug-likeness (QED) is 0.574. The lowest BCUT2D eigenvalue weighted by Crippen LogP contribution is -2.61. The number of rotatable bonds is 5. The lowest BCUT2D eigenvalue weighted by molar-refractivity contribution is 0.00532. The van der Waals surface area contributed by atoms with Crippen molar-refractivity contribution in [1.82, 2.24) is 20.5 Å². The van der Waals surface area contributed by atoms with Crippen molar-refractivity contribution < 1.29 is 23.9 Å². The van der Waals surface area contributed by atoms with Crippen molar-refractivity contribution >= 4 is 23.7 Å². The average molecular weight is 562 g/mol. The molecule has 1 aromatic carbocycles. The summed E-state index contributed by atoms with van der Waals surface area (Å²) < 4.78 is 11.1. The van der Waals surface area contributed by atoms with Crippen LogP contribution in [-0.4, -0.2) is 77.3 Å². The maximum Gasteiger partial charge on any atom is 0.410 e. The minimum atomic E-state index is -0.543. The summed E-state index contributed by atoms with van der Waals surface area (Å²) in [5, 5.41) is 6.26. The smallest absolute Gasteiger partial charge is 0.410 e. The summed E-state index contributed by atoms with van der Waals surface area (Å²) in [6.07, 6.45) is 6.01. The number of aromatic nitrogens is 1. The molecule has 3 fully saturated rings. The Hall–Kier alpha value is -3.82. The van der Waals surface area contributed by atoms with Crippen LogP contribution in [-0.2, 0) is 11.2 Å². The molecule has 5 heterocycles. The normalized spacial score (nSPS) is 23.4. The lowest BCUT2D eigenvalue weighted by atomic mass is 9.96. The molecule has 4 aliphatic rings. The molecule has 3 amide bonds. The highest BCUT2D eigenvalue weighted by Crippen LogP contribution is 2.39. The number of likely N-dealkylation sites (tertiary alicyclic amines) is 1. The summed E-state index contributed by atoms with van der Waals surface area (Å²) in [5.41, 5.74) is 2.74. The molecule has 1 aromatic heterocycles. The monoisotopic (exact) mass is 561 g/mol. The number of pyridine rings is 1. The summed E-state index contributed by atoms with van der Waals surface area (Å²) in [4.78, 5) is 46.7. The van der Waals surface area contributed by atoms with Crippen LogP contribution < -0.4 is 20.3 Å². The van der Waals surface area contributed by atoms with Crippen molar-refractivity contribution in [1.29, 1.82) is 0 Å². The van der Waals surface area contributed by atoms with Crippen molar-refractivity contribution in [2.24, 2.45) is 0 Å². The van der Waals surface area contributed by atoms with Gasteiger partial charge in [0.25, 0.3) is 11.8 Å². The molecule has 41 heavy (non-hydrogen) atoms. The van der Waals surface area contributed by atoms with E-state index in [0.717, 1.165) is 49.2 Å². The molecule has 218 valence electrons. The Morgan fingerprint density at radius 3 is 2.34 bits per heavy atom. The first-order valence-corrected chi connectivity index (χ1v) is 14.6. The number of hydrogen-bond donors (Lipinski definition) is 2. The van der Waals surface area contributed by atoms with E-state index in [1.54, 1.807) is 11.1 Å². The first-order chi connectivity index (χ1) is 19.6. The van der Waals surface area contributed by atoms with Crippen LogP contribution in [0.3, 0.4) is 0 Å². The predicted octanol–water partition coefficient (Wildman–Crippen LogP) is 3.60.